The Morgan fingerprint density at radius 2 is 2.00 bits per heavy atom. The van der Waals surface area contributed by atoms with Gasteiger partial charge in [0.2, 0.25) is 5.91 Å². The number of oxazole rings is 1. The SMILES string of the molecule is CCOc1ccc(-c2cnc(CCC(=O)NC3CCCCC3)o2)cc1. The number of carbonyl (C=O) groups excluding carboxylic acids is 1. The lowest BCUT2D eigenvalue weighted by molar-refractivity contribution is -0.122. The predicted octanol–water partition coefficient (Wildman–Crippen LogP) is 4.12. The molecule has 134 valence electrons. The predicted molar refractivity (Wildman–Crippen MR) is 96.4 cm³/mol. The summed E-state index contributed by atoms with van der Waals surface area (Å²) >= 11 is 0. The number of ether oxygens (including phenoxy) is 1. The van der Waals surface area contributed by atoms with Crippen LogP contribution in [0.5, 0.6) is 5.75 Å². The van der Waals surface area contributed by atoms with Crippen LogP contribution >= 0.6 is 0 Å². The van der Waals surface area contributed by atoms with E-state index in [-0.39, 0.29) is 5.91 Å². The number of amides is 1. The molecule has 1 saturated carbocycles. The van der Waals surface area contributed by atoms with E-state index in [9.17, 15) is 4.79 Å². The third kappa shape index (κ3) is 5.08. The Labute approximate surface area is 148 Å². The van der Waals surface area contributed by atoms with E-state index >= 15 is 0 Å². The maximum atomic E-state index is 12.1. The van der Waals surface area contributed by atoms with Crippen LogP contribution < -0.4 is 10.1 Å². The van der Waals surface area contributed by atoms with Gasteiger partial charge in [-0.15, -0.1) is 0 Å². The molecular weight excluding hydrogens is 316 g/mol. The van der Waals surface area contributed by atoms with E-state index in [1.54, 1.807) is 6.20 Å². The second-order valence-corrected chi connectivity index (χ2v) is 6.48. The molecule has 1 aliphatic carbocycles. The highest BCUT2D eigenvalue weighted by atomic mass is 16.5. The number of hydrogen-bond donors (Lipinski definition) is 1. The fraction of sp³-hybridized carbons (Fsp3) is 0.500. The average molecular weight is 342 g/mol. The monoisotopic (exact) mass is 342 g/mol. The minimum atomic E-state index is 0.0905. The molecule has 0 radical (unpaired) electrons. The average Bonchev–Trinajstić information content (AvgIpc) is 3.11. The molecule has 1 amide bonds. The second-order valence-electron chi connectivity index (χ2n) is 6.48. The van der Waals surface area contributed by atoms with Gasteiger partial charge in [-0.1, -0.05) is 19.3 Å². The van der Waals surface area contributed by atoms with E-state index in [2.05, 4.69) is 10.3 Å². The number of benzene rings is 1. The summed E-state index contributed by atoms with van der Waals surface area (Å²) in [6.45, 7) is 2.61. The van der Waals surface area contributed by atoms with Crippen LogP contribution in [0.25, 0.3) is 11.3 Å². The second kappa shape index (κ2) is 8.70. The summed E-state index contributed by atoms with van der Waals surface area (Å²) in [4.78, 5) is 16.4. The van der Waals surface area contributed by atoms with Crippen molar-refractivity contribution in [2.24, 2.45) is 0 Å². The first-order valence-electron chi connectivity index (χ1n) is 9.22. The molecule has 0 aliphatic heterocycles. The number of rotatable bonds is 7. The first-order valence-corrected chi connectivity index (χ1v) is 9.22. The standard InChI is InChI=1S/C20H26N2O3/c1-2-24-17-10-8-15(9-11-17)18-14-21-20(25-18)13-12-19(23)22-16-6-4-3-5-7-16/h8-11,14,16H,2-7,12-13H2,1H3,(H,22,23). The molecule has 0 spiro atoms. The summed E-state index contributed by atoms with van der Waals surface area (Å²) < 4.78 is 11.2. The summed E-state index contributed by atoms with van der Waals surface area (Å²) in [5, 5.41) is 3.12. The van der Waals surface area contributed by atoms with Crippen molar-refractivity contribution >= 4 is 5.91 Å². The van der Waals surface area contributed by atoms with E-state index in [0.717, 1.165) is 24.2 Å². The van der Waals surface area contributed by atoms with Crippen LogP contribution in [0.3, 0.4) is 0 Å². The number of aryl methyl sites for hydroxylation is 1. The molecule has 25 heavy (non-hydrogen) atoms. The Morgan fingerprint density at radius 1 is 1.24 bits per heavy atom. The van der Waals surface area contributed by atoms with Crippen molar-refractivity contribution in [2.75, 3.05) is 6.61 Å². The van der Waals surface area contributed by atoms with Crippen molar-refractivity contribution in [1.29, 1.82) is 0 Å². The summed E-state index contributed by atoms with van der Waals surface area (Å²) in [6, 6.07) is 8.08. The Morgan fingerprint density at radius 3 is 2.72 bits per heavy atom. The van der Waals surface area contributed by atoms with E-state index < -0.39 is 0 Å². The van der Waals surface area contributed by atoms with Crippen LogP contribution in [-0.2, 0) is 11.2 Å². The van der Waals surface area contributed by atoms with Crippen LogP contribution in [-0.4, -0.2) is 23.5 Å². The molecule has 1 aliphatic rings. The van der Waals surface area contributed by atoms with Crippen molar-refractivity contribution in [3.05, 3.63) is 36.4 Å². The van der Waals surface area contributed by atoms with Crippen LogP contribution in [0.4, 0.5) is 0 Å². The van der Waals surface area contributed by atoms with Gasteiger partial charge < -0.3 is 14.5 Å². The van der Waals surface area contributed by atoms with Crippen LogP contribution in [0, 0.1) is 0 Å². The normalized spacial score (nSPS) is 15.1. The minimum absolute atomic E-state index is 0.0905. The first-order chi connectivity index (χ1) is 12.2. The van der Waals surface area contributed by atoms with Crippen LogP contribution in [0.1, 0.15) is 51.3 Å². The van der Waals surface area contributed by atoms with Gasteiger partial charge in [-0.2, -0.15) is 0 Å². The molecule has 1 fully saturated rings. The van der Waals surface area contributed by atoms with Gasteiger partial charge >= 0.3 is 0 Å². The summed E-state index contributed by atoms with van der Waals surface area (Å²) in [5.74, 6) is 2.24. The Kier molecular flexibility index (Phi) is 6.09. The lowest BCUT2D eigenvalue weighted by Crippen LogP contribution is -2.36. The lowest BCUT2D eigenvalue weighted by Gasteiger charge is -2.22. The smallest absolute Gasteiger partial charge is 0.220 e. The maximum Gasteiger partial charge on any atom is 0.220 e. The fourth-order valence-electron chi connectivity index (χ4n) is 3.21. The molecule has 5 heteroatoms. The van der Waals surface area contributed by atoms with Gasteiger partial charge in [0.25, 0.3) is 0 Å². The molecule has 1 aromatic carbocycles. The van der Waals surface area contributed by atoms with E-state index in [4.69, 9.17) is 9.15 Å². The zero-order chi connectivity index (χ0) is 17.5. The topological polar surface area (TPSA) is 64.4 Å². The van der Waals surface area contributed by atoms with Gasteiger partial charge in [0, 0.05) is 24.4 Å². The van der Waals surface area contributed by atoms with E-state index in [1.807, 2.05) is 31.2 Å². The zero-order valence-corrected chi connectivity index (χ0v) is 14.8. The molecular formula is C20H26N2O3. The Balaban J connectivity index is 1.50. The number of nitrogens with zero attached hydrogens (tertiary/aromatic N) is 1. The highest BCUT2D eigenvalue weighted by molar-refractivity contribution is 5.76. The third-order valence-electron chi connectivity index (χ3n) is 4.54. The Bertz CT molecular complexity index is 673. The number of carbonyl (C=O) groups is 1. The van der Waals surface area contributed by atoms with Crippen molar-refractivity contribution in [2.45, 2.75) is 57.9 Å². The molecule has 1 heterocycles. The molecule has 1 aromatic heterocycles. The van der Waals surface area contributed by atoms with Crippen LogP contribution in [0.2, 0.25) is 0 Å². The van der Waals surface area contributed by atoms with Crippen LogP contribution in [0.15, 0.2) is 34.9 Å². The molecule has 5 nitrogen and oxygen atoms in total. The molecule has 1 N–H and O–H groups in total. The van der Waals surface area contributed by atoms with E-state index in [0.29, 0.717) is 37.1 Å². The van der Waals surface area contributed by atoms with Gasteiger partial charge in [-0.05, 0) is 44.0 Å². The Hall–Kier alpha value is -2.30. The zero-order valence-electron chi connectivity index (χ0n) is 14.8. The molecule has 3 rings (SSSR count). The van der Waals surface area contributed by atoms with Crippen molar-refractivity contribution in [3.8, 4) is 17.1 Å². The molecule has 0 saturated heterocycles. The molecule has 2 aromatic rings. The first kappa shape index (κ1) is 17.5. The fourth-order valence-corrected chi connectivity index (χ4v) is 3.21. The van der Waals surface area contributed by atoms with E-state index in [1.165, 1.54) is 19.3 Å². The number of nitrogens with one attached hydrogen (secondary N) is 1. The molecule has 0 unspecified atom stereocenters. The highest BCUT2D eigenvalue weighted by Gasteiger charge is 2.16. The highest BCUT2D eigenvalue weighted by Crippen LogP contribution is 2.23. The lowest BCUT2D eigenvalue weighted by atomic mass is 9.95. The van der Waals surface area contributed by atoms with Gasteiger partial charge in [0.1, 0.15) is 5.75 Å². The summed E-state index contributed by atoms with van der Waals surface area (Å²) in [6.07, 6.45) is 8.59. The number of aromatic nitrogens is 1. The van der Waals surface area contributed by atoms with Gasteiger partial charge in [-0.3, -0.25) is 4.79 Å². The summed E-state index contributed by atoms with van der Waals surface area (Å²) in [7, 11) is 0. The van der Waals surface area contributed by atoms with Gasteiger partial charge in [0.15, 0.2) is 11.7 Å². The van der Waals surface area contributed by atoms with Crippen molar-refractivity contribution in [1.82, 2.24) is 10.3 Å². The quantitative estimate of drug-likeness (QED) is 0.822. The maximum absolute atomic E-state index is 12.1. The number of hydrogen-bond acceptors (Lipinski definition) is 4. The molecule has 0 atom stereocenters. The van der Waals surface area contributed by atoms with Gasteiger partial charge in [0.05, 0.1) is 12.8 Å². The van der Waals surface area contributed by atoms with Gasteiger partial charge in [-0.25, -0.2) is 4.98 Å². The largest absolute Gasteiger partial charge is 0.494 e. The molecule has 0 bridgehead atoms. The summed E-state index contributed by atoms with van der Waals surface area (Å²) in [5.41, 5.74) is 0.953. The van der Waals surface area contributed by atoms with Crippen molar-refractivity contribution < 1.29 is 13.9 Å². The third-order valence-corrected chi connectivity index (χ3v) is 4.54. The van der Waals surface area contributed by atoms with Crippen molar-refractivity contribution in [3.63, 3.8) is 0 Å². The minimum Gasteiger partial charge on any atom is -0.494 e.